The van der Waals surface area contributed by atoms with Crippen LogP contribution in [0.5, 0.6) is 0 Å². The molecule has 1 aliphatic rings. The molecule has 1 aromatic heterocycles. The number of aromatic nitrogens is 1. The van der Waals surface area contributed by atoms with Crippen LogP contribution in [0.1, 0.15) is 24.2 Å². The summed E-state index contributed by atoms with van der Waals surface area (Å²) >= 11 is 0. The van der Waals surface area contributed by atoms with Crippen molar-refractivity contribution < 1.29 is 8.42 Å². The highest BCUT2D eigenvalue weighted by atomic mass is 32.2. The highest BCUT2D eigenvalue weighted by molar-refractivity contribution is 7.89. The molecule has 20 heavy (non-hydrogen) atoms. The highest BCUT2D eigenvalue weighted by Crippen LogP contribution is 2.34. The smallest absolute Gasteiger partial charge is 0.214 e. The SMILES string of the molecule is CCS(=O)(=O)N1CCn2cccc2C1c1ccccc1. The van der Waals surface area contributed by atoms with Crippen molar-refractivity contribution in [3.8, 4) is 0 Å². The maximum atomic E-state index is 12.4. The number of fused-ring (bicyclic) bond motifs is 1. The Bertz CT molecular complexity index is 692. The van der Waals surface area contributed by atoms with E-state index in [2.05, 4.69) is 4.57 Å². The van der Waals surface area contributed by atoms with Gasteiger partial charge in [0.1, 0.15) is 0 Å². The van der Waals surface area contributed by atoms with E-state index < -0.39 is 10.0 Å². The minimum Gasteiger partial charge on any atom is -0.348 e. The minimum atomic E-state index is -3.22. The molecule has 0 amide bonds. The lowest BCUT2D eigenvalue weighted by Crippen LogP contribution is -2.42. The van der Waals surface area contributed by atoms with Crippen LogP contribution in [0.3, 0.4) is 0 Å². The average molecular weight is 290 g/mol. The molecule has 5 heteroatoms. The van der Waals surface area contributed by atoms with Crippen molar-refractivity contribution in [3.63, 3.8) is 0 Å². The van der Waals surface area contributed by atoms with E-state index in [4.69, 9.17) is 0 Å². The summed E-state index contributed by atoms with van der Waals surface area (Å²) in [5.74, 6) is 0.136. The van der Waals surface area contributed by atoms with Gasteiger partial charge in [0.05, 0.1) is 11.8 Å². The van der Waals surface area contributed by atoms with Crippen LogP contribution in [-0.2, 0) is 16.6 Å². The van der Waals surface area contributed by atoms with E-state index in [1.807, 2.05) is 48.7 Å². The Morgan fingerprint density at radius 1 is 1.10 bits per heavy atom. The Morgan fingerprint density at radius 3 is 2.55 bits per heavy atom. The number of nitrogens with zero attached hydrogens (tertiary/aromatic N) is 2. The van der Waals surface area contributed by atoms with Crippen molar-refractivity contribution in [2.24, 2.45) is 0 Å². The molecule has 0 saturated carbocycles. The topological polar surface area (TPSA) is 42.3 Å². The first-order valence-corrected chi connectivity index (χ1v) is 8.44. The number of hydrogen-bond acceptors (Lipinski definition) is 2. The molecule has 1 aromatic carbocycles. The molecule has 4 nitrogen and oxygen atoms in total. The Kier molecular flexibility index (Phi) is 3.40. The van der Waals surface area contributed by atoms with Gasteiger partial charge in [-0.3, -0.25) is 0 Å². The van der Waals surface area contributed by atoms with Crippen LogP contribution in [0, 0.1) is 0 Å². The lowest BCUT2D eigenvalue weighted by Gasteiger charge is -2.36. The van der Waals surface area contributed by atoms with E-state index in [9.17, 15) is 8.42 Å². The Labute approximate surface area is 119 Å². The van der Waals surface area contributed by atoms with Crippen LogP contribution in [0.4, 0.5) is 0 Å². The van der Waals surface area contributed by atoms with Crippen molar-refractivity contribution in [3.05, 3.63) is 59.9 Å². The van der Waals surface area contributed by atoms with Crippen LogP contribution in [0.25, 0.3) is 0 Å². The van der Waals surface area contributed by atoms with E-state index in [-0.39, 0.29) is 11.8 Å². The Hall–Kier alpha value is -1.59. The molecule has 1 atom stereocenters. The van der Waals surface area contributed by atoms with Crippen LogP contribution in [0.2, 0.25) is 0 Å². The van der Waals surface area contributed by atoms with Gasteiger partial charge in [-0.1, -0.05) is 30.3 Å². The summed E-state index contributed by atoms with van der Waals surface area (Å²) in [6, 6.07) is 13.6. The van der Waals surface area contributed by atoms with Gasteiger partial charge < -0.3 is 4.57 Å². The third-order valence-corrected chi connectivity index (χ3v) is 5.67. The van der Waals surface area contributed by atoms with E-state index >= 15 is 0 Å². The monoisotopic (exact) mass is 290 g/mol. The Morgan fingerprint density at radius 2 is 1.85 bits per heavy atom. The predicted octanol–water partition coefficient (Wildman–Crippen LogP) is 2.24. The fourth-order valence-electron chi connectivity index (χ4n) is 2.80. The third kappa shape index (κ3) is 2.17. The van der Waals surface area contributed by atoms with Gasteiger partial charge in [-0.05, 0) is 24.6 Å². The third-order valence-electron chi connectivity index (χ3n) is 3.83. The molecular weight excluding hydrogens is 272 g/mol. The van der Waals surface area contributed by atoms with Crippen molar-refractivity contribution in [1.82, 2.24) is 8.87 Å². The van der Waals surface area contributed by atoms with Crippen molar-refractivity contribution in [2.45, 2.75) is 19.5 Å². The van der Waals surface area contributed by atoms with Gasteiger partial charge in [-0.25, -0.2) is 8.42 Å². The first-order valence-electron chi connectivity index (χ1n) is 6.83. The molecule has 0 bridgehead atoms. The van der Waals surface area contributed by atoms with E-state index in [0.717, 1.165) is 11.3 Å². The number of sulfonamides is 1. The number of benzene rings is 1. The van der Waals surface area contributed by atoms with Gasteiger partial charge in [0.2, 0.25) is 10.0 Å². The molecule has 2 aromatic rings. The molecule has 0 saturated heterocycles. The van der Waals surface area contributed by atoms with Gasteiger partial charge in [0.15, 0.2) is 0 Å². The zero-order valence-corrected chi connectivity index (χ0v) is 12.3. The molecule has 3 rings (SSSR count). The number of rotatable bonds is 3. The predicted molar refractivity (Wildman–Crippen MR) is 78.9 cm³/mol. The Balaban J connectivity index is 2.13. The standard InChI is InChI=1S/C15H18N2O2S/c1-2-20(18,19)17-12-11-16-10-6-9-14(16)15(17)13-7-4-3-5-8-13/h3-10,15H,2,11-12H2,1H3. The van der Waals surface area contributed by atoms with Crippen LogP contribution >= 0.6 is 0 Å². The lowest BCUT2D eigenvalue weighted by atomic mass is 10.0. The van der Waals surface area contributed by atoms with Gasteiger partial charge in [-0.15, -0.1) is 0 Å². The first kappa shape index (κ1) is 13.4. The summed E-state index contributed by atoms with van der Waals surface area (Å²) in [6.07, 6.45) is 2.02. The molecular formula is C15H18N2O2S. The normalized spacial score (nSPS) is 19.8. The number of hydrogen-bond donors (Lipinski definition) is 0. The molecule has 0 spiro atoms. The lowest BCUT2D eigenvalue weighted by molar-refractivity contribution is 0.299. The molecule has 1 unspecified atom stereocenters. The molecule has 0 aliphatic carbocycles. The maximum absolute atomic E-state index is 12.4. The van der Waals surface area contributed by atoms with Crippen LogP contribution in [0.15, 0.2) is 48.7 Å². The summed E-state index contributed by atoms with van der Waals surface area (Å²) in [5, 5.41) is 0. The average Bonchev–Trinajstić information content (AvgIpc) is 2.95. The fraction of sp³-hybridized carbons (Fsp3) is 0.333. The molecule has 0 fully saturated rings. The van der Waals surface area contributed by atoms with Crippen LogP contribution < -0.4 is 0 Å². The van der Waals surface area contributed by atoms with E-state index in [1.165, 1.54) is 0 Å². The molecule has 106 valence electrons. The zero-order valence-electron chi connectivity index (χ0n) is 11.4. The second-order valence-corrected chi connectivity index (χ2v) is 7.16. The maximum Gasteiger partial charge on any atom is 0.214 e. The van der Waals surface area contributed by atoms with Gasteiger partial charge in [-0.2, -0.15) is 4.31 Å². The molecule has 0 radical (unpaired) electrons. The second kappa shape index (κ2) is 5.07. The zero-order chi connectivity index (χ0) is 14.2. The summed E-state index contributed by atoms with van der Waals surface area (Å²) in [6.45, 7) is 2.94. The quantitative estimate of drug-likeness (QED) is 0.870. The summed E-state index contributed by atoms with van der Waals surface area (Å²) in [7, 11) is -3.22. The first-order chi connectivity index (χ1) is 9.63. The highest BCUT2D eigenvalue weighted by Gasteiger charge is 2.35. The van der Waals surface area contributed by atoms with Crippen LogP contribution in [-0.4, -0.2) is 29.6 Å². The van der Waals surface area contributed by atoms with E-state index in [1.54, 1.807) is 11.2 Å². The van der Waals surface area contributed by atoms with Gasteiger partial charge >= 0.3 is 0 Å². The fourth-order valence-corrected chi connectivity index (χ4v) is 4.04. The largest absolute Gasteiger partial charge is 0.348 e. The summed E-state index contributed by atoms with van der Waals surface area (Å²) in [5.41, 5.74) is 2.06. The van der Waals surface area contributed by atoms with Gasteiger partial charge in [0, 0.05) is 25.0 Å². The molecule has 2 heterocycles. The van der Waals surface area contributed by atoms with Crippen molar-refractivity contribution in [2.75, 3.05) is 12.3 Å². The molecule has 1 aliphatic heterocycles. The molecule has 0 N–H and O–H groups in total. The van der Waals surface area contributed by atoms with Gasteiger partial charge in [0.25, 0.3) is 0 Å². The van der Waals surface area contributed by atoms with Crippen molar-refractivity contribution >= 4 is 10.0 Å². The second-order valence-electron chi connectivity index (χ2n) is 4.95. The summed E-state index contributed by atoms with van der Waals surface area (Å²) in [4.78, 5) is 0. The van der Waals surface area contributed by atoms with E-state index in [0.29, 0.717) is 13.1 Å². The van der Waals surface area contributed by atoms with Crippen molar-refractivity contribution in [1.29, 1.82) is 0 Å². The minimum absolute atomic E-state index is 0.136. The summed E-state index contributed by atoms with van der Waals surface area (Å²) < 4.78 is 28.5.